The van der Waals surface area contributed by atoms with Crippen LogP contribution < -0.4 is 0 Å². The quantitative estimate of drug-likeness (QED) is 0.628. The molecule has 2 rings (SSSR count). The summed E-state index contributed by atoms with van der Waals surface area (Å²) in [7, 11) is 0. The second-order valence-corrected chi connectivity index (χ2v) is 5.39. The summed E-state index contributed by atoms with van der Waals surface area (Å²) in [5, 5.41) is 2.68. The topological polar surface area (TPSA) is 0 Å². The van der Waals surface area contributed by atoms with Gasteiger partial charge >= 0.3 is 75.3 Å². The van der Waals surface area contributed by atoms with Gasteiger partial charge in [-0.05, 0) is 0 Å². The van der Waals surface area contributed by atoms with Crippen LogP contribution in [-0.4, -0.2) is 15.0 Å². The second kappa shape index (κ2) is 2.69. The Bertz CT molecular complexity index is 257. The van der Waals surface area contributed by atoms with Gasteiger partial charge in [0.15, 0.2) is 0 Å². The first kappa shape index (κ1) is 6.90. The average molecular weight is 262 g/mol. The number of rotatable bonds is 0. The van der Waals surface area contributed by atoms with Crippen molar-refractivity contribution in [3.8, 4) is 0 Å². The Balaban J connectivity index is 2.52. The molecule has 0 aliphatic carbocycles. The number of benzene rings is 1. The molecule has 2 heteroatoms. The molecule has 0 aromatic heterocycles. The molecule has 0 saturated heterocycles. The SMILES string of the molecule is Brc1ccc2c(c1)C[Se]C2. The van der Waals surface area contributed by atoms with E-state index in [-0.39, 0.29) is 0 Å². The average Bonchev–Trinajstić information content (AvgIpc) is 2.33. The van der Waals surface area contributed by atoms with E-state index in [9.17, 15) is 0 Å². The van der Waals surface area contributed by atoms with Crippen LogP contribution in [0.3, 0.4) is 0 Å². The summed E-state index contributed by atoms with van der Waals surface area (Å²) in [6, 6.07) is 6.64. The van der Waals surface area contributed by atoms with E-state index in [1.165, 1.54) is 15.1 Å². The van der Waals surface area contributed by atoms with Gasteiger partial charge in [0, 0.05) is 0 Å². The summed E-state index contributed by atoms with van der Waals surface area (Å²) in [6.45, 7) is 0. The minimum absolute atomic E-state index is 0.850. The van der Waals surface area contributed by atoms with E-state index in [0.717, 1.165) is 15.0 Å². The molecule has 0 nitrogen and oxygen atoms in total. The van der Waals surface area contributed by atoms with Crippen LogP contribution in [0, 0.1) is 0 Å². The van der Waals surface area contributed by atoms with Crippen molar-refractivity contribution in [1.82, 2.24) is 0 Å². The Morgan fingerprint density at radius 2 is 2.00 bits per heavy atom. The van der Waals surface area contributed by atoms with Crippen LogP contribution in [0.1, 0.15) is 11.1 Å². The van der Waals surface area contributed by atoms with Gasteiger partial charge in [0.25, 0.3) is 0 Å². The van der Waals surface area contributed by atoms with E-state index in [4.69, 9.17) is 0 Å². The Morgan fingerprint density at radius 3 is 2.90 bits per heavy atom. The van der Waals surface area contributed by atoms with Crippen LogP contribution in [0.15, 0.2) is 22.7 Å². The Kier molecular flexibility index (Phi) is 1.86. The standard InChI is InChI=1S/C8H7BrSe/c9-8-2-1-6-4-10-5-7(6)3-8/h1-3H,4-5H2. The Hall–Kier alpha value is 0.219. The van der Waals surface area contributed by atoms with Crippen molar-refractivity contribution >= 4 is 30.9 Å². The molecule has 52 valence electrons. The molecule has 1 aromatic rings. The predicted octanol–water partition coefficient (Wildman–Crippen LogP) is 2.17. The molecular formula is C8H7BrSe. The van der Waals surface area contributed by atoms with Gasteiger partial charge in [-0.15, -0.1) is 0 Å². The predicted molar refractivity (Wildman–Crippen MR) is 47.3 cm³/mol. The van der Waals surface area contributed by atoms with Crippen molar-refractivity contribution < 1.29 is 0 Å². The van der Waals surface area contributed by atoms with Gasteiger partial charge in [-0.1, -0.05) is 0 Å². The fourth-order valence-electron chi connectivity index (χ4n) is 1.14. The zero-order valence-corrected chi connectivity index (χ0v) is 8.73. The Morgan fingerprint density at radius 1 is 1.20 bits per heavy atom. The van der Waals surface area contributed by atoms with Crippen LogP contribution in [0.25, 0.3) is 0 Å². The monoisotopic (exact) mass is 262 g/mol. The van der Waals surface area contributed by atoms with E-state index >= 15 is 0 Å². The van der Waals surface area contributed by atoms with Crippen LogP contribution >= 0.6 is 15.9 Å². The van der Waals surface area contributed by atoms with Gasteiger partial charge in [-0.2, -0.15) is 0 Å². The van der Waals surface area contributed by atoms with Gasteiger partial charge in [0.1, 0.15) is 0 Å². The van der Waals surface area contributed by atoms with Crippen molar-refractivity contribution in [1.29, 1.82) is 0 Å². The molecule has 1 aliphatic heterocycles. The molecule has 0 atom stereocenters. The van der Waals surface area contributed by atoms with Crippen LogP contribution in [-0.2, 0) is 10.6 Å². The molecule has 0 N–H and O–H groups in total. The molecule has 1 aromatic carbocycles. The van der Waals surface area contributed by atoms with Crippen molar-refractivity contribution in [3.05, 3.63) is 33.8 Å². The van der Waals surface area contributed by atoms with Crippen molar-refractivity contribution in [3.63, 3.8) is 0 Å². The third-order valence-electron chi connectivity index (χ3n) is 1.68. The van der Waals surface area contributed by atoms with Gasteiger partial charge in [-0.3, -0.25) is 0 Å². The summed E-state index contributed by atoms with van der Waals surface area (Å²) < 4.78 is 1.23. The maximum atomic E-state index is 3.47. The fourth-order valence-corrected chi connectivity index (χ4v) is 3.84. The first-order valence-electron chi connectivity index (χ1n) is 3.21. The number of hydrogen-bond acceptors (Lipinski definition) is 0. The summed E-state index contributed by atoms with van der Waals surface area (Å²) in [4.78, 5) is 0. The van der Waals surface area contributed by atoms with Crippen LogP contribution in [0.2, 0.25) is 0 Å². The van der Waals surface area contributed by atoms with Gasteiger partial charge in [0.2, 0.25) is 0 Å². The summed E-state index contributed by atoms with van der Waals surface area (Å²) >= 11 is 4.32. The minimum atomic E-state index is 0.850. The normalized spacial score (nSPS) is 15.3. The van der Waals surface area contributed by atoms with Crippen molar-refractivity contribution in [2.75, 3.05) is 0 Å². The zero-order chi connectivity index (χ0) is 6.97. The molecule has 10 heavy (non-hydrogen) atoms. The molecule has 0 unspecified atom stereocenters. The summed E-state index contributed by atoms with van der Waals surface area (Å²) in [6.07, 6.45) is 0. The van der Waals surface area contributed by atoms with E-state index in [0.29, 0.717) is 0 Å². The van der Waals surface area contributed by atoms with E-state index in [2.05, 4.69) is 34.1 Å². The van der Waals surface area contributed by atoms with Gasteiger partial charge in [0.05, 0.1) is 0 Å². The molecule has 0 saturated carbocycles. The van der Waals surface area contributed by atoms with Crippen molar-refractivity contribution in [2.45, 2.75) is 10.6 Å². The summed E-state index contributed by atoms with van der Waals surface area (Å²) in [5.74, 6) is 0. The molecule has 0 spiro atoms. The van der Waals surface area contributed by atoms with Gasteiger partial charge < -0.3 is 0 Å². The van der Waals surface area contributed by atoms with Crippen molar-refractivity contribution in [2.24, 2.45) is 0 Å². The van der Waals surface area contributed by atoms with E-state index in [1.54, 1.807) is 11.1 Å². The van der Waals surface area contributed by atoms with Crippen LogP contribution in [0.4, 0.5) is 0 Å². The Labute approximate surface area is 75.3 Å². The first-order valence-corrected chi connectivity index (χ1v) is 6.43. The molecule has 1 aliphatic rings. The van der Waals surface area contributed by atoms with Gasteiger partial charge in [-0.25, -0.2) is 0 Å². The molecule has 0 fully saturated rings. The van der Waals surface area contributed by atoms with E-state index in [1.807, 2.05) is 0 Å². The molecule has 0 bridgehead atoms. The summed E-state index contributed by atoms with van der Waals surface area (Å²) in [5.41, 5.74) is 3.14. The maximum absolute atomic E-state index is 3.47. The molecule has 1 heterocycles. The zero-order valence-electron chi connectivity index (χ0n) is 5.43. The molecule has 0 amide bonds. The van der Waals surface area contributed by atoms with Crippen LogP contribution in [0.5, 0.6) is 0 Å². The number of hydrogen-bond donors (Lipinski definition) is 0. The number of fused-ring (bicyclic) bond motifs is 1. The fraction of sp³-hybridized carbons (Fsp3) is 0.250. The molecule has 0 radical (unpaired) electrons. The van der Waals surface area contributed by atoms with E-state index < -0.39 is 0 Å². The molecular weight excluding hydrogens is 255 g/mol. The third-order valence-corrected chi connectivity index (χ3v) is 4.34. The second-order valence-electron chi connectivity index (χ2n) is 2.41. The number of halogens is 1. The first-order chi connectivity index (χ1) is 4.86. The third kappa shape index (κ3) is 1.16.